The maximum absolute atomic E-state index is 12.9. The molecular formula is C17H18ClF3NO-. The highest BCUT2D eigenvalue weighted by atomic mass is 35.5. The van der Waals surface area contributed by atoms with Gasteiger partial charge in [0.2, 0.25) is 0 Å². The van der Waals surface area contributed by atoms with Gasteiger partial charge in [0, 0.05) is 12.6 Å². The predicted octanol–water partition coefficient (Wildman–Crippen LogP) is 0.921. The highest BCUT2D eigenvalue weighted by molar-refractivity contribution is 5.29. The lowest BCUT2D eigenvalue weighted by molar-refractivity contribution is -0.138. The molecule has 0 aliphatic heterocycles. The van der Waals surface area contributed by atoms with Crippen molar-refractivity contribution in [1.29, 1.82) is 0 Å². The minimum absolute atomic E-state index is 0. The lowest BCUT2D eigenvalue weighted by Crippen LogP contribution is -3.00. The quantitative estimate of drug-likeness (QED) is 0.845. The van der Waals surface area contributed by atoms with E-state index in [1.165, 1.54) is 12.1 Å². The Morgan fingerprint density at radius 1 is 1.00 bits per heavy atom. The van der Waals surface area contributed by atoms with Crippen LogP contribution >= 0.6 is 0 Å². The molecule has 0 aliphatic carbocycles. The summed E-state index contributed by atoms with van der Waals surface area (Å²) in [6.45, 7) is 1.79. The first-order valence-corrected chi connectivity index (χ1v) is 7.01. The van der Waals surface area contributed by atoms with E-state index in [0.717, 1.165) is 11.6 Å². The summed E-state index contributed by atoms with van der Waals surface area (Å²) in [7, 11) is 0. The lowest BCUT2D eigenvalue weighted by atomic mass is 10.0. The zero-order chi connectivity index (χ0) is 16.2. The van der Waals surface area contributed by atoms with Crippen molar-refractivity contribution in [2.45, 2.75) is 31.8 Å². The molecule has 0 aliphatic rings. The van der Waals surface area contributed by atoms with Gasteiger partial charge in [-0.2, -0.15) is 13.2 Å². The van der Waals surface area contributed by atoms with Crippen molar-refractivity contribution in [2.24, 2.45) is 0 Å². The van der Waals surface area contributed by atoms with Crippen molar-refractivity contribution < 1.29 is 30.7 Å². The number of alkyl halides is 3. The minimum atomic E-state index is -4.38. The monoisotopic (exact) mass is 344 g/mol. The number of aliphatic hydroxyl groups excluding tert-OH is 1. The first-order chi connectivity index (χ1) is 10.4. The van der Waals surface area contributed by atoms with Crippen LogP contribution in [0, 0.1) is 0 Å². The molecule has 2 atom stereocenters. The van der Waals surface area contributed by atoms with Crippen LogP contribution in [0.4, 0.5) is 13.2 Å². The fourth-order valence-corrected chi connectivity index (χ4v) is 2.27. The third kappa shape index (κ3) is 5.23. The van der Waals surface area contributed by atoms with Crippen molar-refractivity contribution in [1.82, 2.24) is 5.32 Å². The van der Waals surface area contributed by atoms with E-state index in [4.69, 9.17) is 0 Å². The van der Waals surface area contributed by atoms with Crippen LogP contribution in [-0.2, 0) is 12.7 Å². The second kappa shape index (κ2) is 8.34. The first kappa shape index (κ1) is 19.5. The molecule has 0 heterocycles. The molecule has 2 nitrogen and oxygen atoms in total. The fourth-order valence-electron chi connectivity index (χ4n) is 2.27. The van der Waals surface area contributed by atoms with Crippen molar-refractivity contribution in [2.75, 3.05) is 0 Å². The van der Waals surface area contributed by atoms with Gasteiger partial charge < -0.3 is 22.8 Å². The van der Waals surface area contributed by atoms with Gasteiger partial charge in [-0.1, -0.05) is 48.5 Å². The molecule has 6 heteroatoms. The number of rotatable bonds is 5. The Hall–Kier alpha value is -1.56. The average molecular weight is 345 g/mol. The van der Waals surface area contributed by atoms with E-state index in [1.807, 2.05) is 18.2 Å². The molecule has 0 bridgehead atoms. The molecule has 2 N–H and O–H groups in total. The molecule has 0 amide bonds. The van der Waals surface area contributed by atoms with Crippen molar-refractivity contribution >= 4 is 0 Å². The average Bonchev–Trinajstić information content (AvgIpc) is 2.52. The smallest absolute Gasteiger partial charge is 0.416 e. The third-order valence-corrected chi connectivity index (χ3v) is 3.55. The molecule has 23 heavy (non-hydrogen) atoms. The lowest BCUT2D eigenvalue weighted by Gasteiger charge is -2.22. The fraction of sp³-hybridized carbons (Fsp3) is 0.294. The van der Waals surface area contributed by atoms with Gasteiger partial charge in [0.25, 0.3) is 0 Å². The largest absolute Gasteiger partial charge is 1.00 e. The number of halogens is 4. The number of hydrogen-bond donors (Lipinski definition) is 2. The molecule has 2 aromatic rings. The van der Waals surface area contributed by atoms with E-state index in [9.17, 15) is 18.3 Å². The molecular weight excluding hydrogens is 327 g/mol. The van der Waals surface area contributed by atoms with Crippen LogP contribution in [0.3, 0.4) is 0 Å². The number of nitrogens with one attached hydrogen (secondary N) is 1. The topological polar surface area (TPSA) is 32.3 Å². The summed E-state index contributed by atoms with van der Waals surface area (Å²) < 4.78 is 38.8. The summed E-state index contributed by atoms with van der Waals surface area (Å²) in [5, 5.41) is 13.2. The molecule has 2 rings (SSSR count). The molecule has 0 fully saturated rings. The SMILES string of the molecule is CC(NCc1ccccc1C(F)(F)F)C(O)c1ccccc1.[Cl-]. The maximum Gasteiger partial charge on any atom is 0.416 e. The van der Waals surface area contributed by atoms with Gasteiger partial charge in [0.05, 0.1) is 11.7 Å². The van der Waals surface area contributed by atoms with Crippen molar-refractivity contribution in [3.8, 4) is 0 Å². The van der Waals surface area contributed by atoms with Crippen LogP contribution in [0.25, 0.3) is 0 Å². The Balaban J connectivity index is 0.00000264. The highest BCUT2D eigenvalue weighted by Crippen LogP contribution is 2.31. The van der Waals surface area contributed by atoms with E-state index < -0.39 is 17.8 Å². The van der Waals surface area contributed by atoms with E-state index in [2.05, 4.69) is 5.32 Å². The molecule has 2 aromatic carbocycles. The normalized spacial score (nSPS) is 14.0. The second-order valence-electron chi connectivity index (χ2n) is 5.18. The molecule has 0 saturated heterocycles. The van der Waals surface area contributed by atoms with Gasteiger partial charge in [0.15, 0.2) is 0 Å². The van der Waals surface area contributed by atoms with Crippen molar-refractivity contribution in [3.05, 3.63) is 71.3 Å². The summed E-state index contributed by atoms with van der Waals surface area (Å²) >= 11 is 0. The third-order valence-electron chi connectivity index (χ3n) is 3.55. The van der Waals surface area contributed by atoms with E-state index in [0.29, 0.717) is 0 Å². The molecule has 0 aromatic heterocycles. The minimum Gasteiger partial charge on any atom is -1.00 e. The Morgan fingerprint density at radius 3 is 2.17 bits per heavy atom. The first-order valence-electron chi connectivity index (χ1n) is 7.01. The summed E-state index contributed by atoms with van der Waals surface area (Å²) in [5.41, 5.74) is 0.248. The van der Waals surface area contributed by atoms with E-state index >= 15 is 0 Å². The summed E-state index contributed by atoms with van der Waals surface area (Å²) in [6, 6.07) is 14.1. The van der Waals surface area contributed by atoms with Gasteiger partial charge in [-0.05, 0) is 24.1 Å². The maximum atomic E-state index is 12.9. The molecule has 0 saturated carbocycles. The van der Waals surface area contributed by atoms with Gasteiger partial charge in [-0.15, -0.1) is 0 Å². The Morgan fingerprint density at radius 2 is 1.57 bits per heavy atom. The molecule has 0 spiro atoms. The molecule has 126 valence electrons. The Labute approximate surface area is 139 Å². The Bertz CT molecular complexity index is 604. The highest BCUT2D eigenvalue weighted by Gasteiger charge is 2.32. The van der Waals surface area contributed by atoms with Crippen LogP contribution in [-0.4, -0.2) is 11.1 Å². The number of aliphatic hydroxyl groups is 1. The van der Waals surface area contributed by atoms with Crippen LogP contribution in [0.2, 0.25) is 0 Å². The predicted molar refractivity (Wildman–Crippen MR) is 79.1 cm³/mol. The summed E-state index contributed by atoms with van der Waals surface area (Å²) in [6.07, 6.45) is -5.15. The molecule has 0 radical (unpaired) electrons. The van der Waals surface area contributed by atoms with Crippen LogP contribution in [0.5, 0.6) is 0 Å². The van der Waals surface area contributed by atoms with E-state index in [1.54, 1.807) is 25.1 Å². The van der Waals surface area contributed by atoms with Gasteiger partial charge in [0.1, 0.15) is 0 Å². The summed E-state index contributed by atoms with van der Waals surface area (Å²) in [5.74, 6) is 0. The van der Waals surface area contributed by atoms with Gasteiger partial charge >= 0.3 is 6.18 Å². The number of benzene rings is 2. The van der Waals surface area contributed by atoms with Crippen LogP contribution in [0.1, 0.15) is 29.7 Å². The Kier molecular flexibility index (Phi) is 7.06. The van der Waals surface area contributed by atoms with Crippen LogP contribution < -0.4 is 17.7 Å². The molecule has 2 unspecified atom stereocenters. The van der Waals surface area contributed by atoms with E-state index in [-0.39, 0.29) is 30.6 Å². The zero-order valence-corrected chi connectivity index (χ0v) is 13.3. The summed E-state index contributed by atoms with van der Waals surface area (Å²) in [4.78, 5) is 0. The van der Waals surface area contributed by atoms with Gasteiger partial charge in [-0.3, -0.25) is 0 Å². The van der Waals surface area contributed by atoms with Crippen molar-refractivity contribution in [3.63, 3.8) is 0 Å². The van der Waals surface area contributed by atoms with Crippen LogP contribution in [0.15, 0.2) is 54.6 Å². The van der Waals surface area contributed by atoms with Gasteiger partial charge in [-0.25, -0.2) is 0 Å². The second-order valence-corrected chi connectivity index (χ2v) is 5.18. The number of hydrogen-bond acceptors (Lipinski definition) is 2. The zero-order valence-electron chi connectivity index (χ0n) is 12.5. The standard InChI is InChI=1S/C17H18F3NO.ClH/c1-12(16(22)13-7-3-2-4-8-13)21-11-14-9-5-6-10-15(14)17(18,19)20;/h2-10,12,16,21-22H,11H2,1H3;1H/p-1.